The van der Waals surface area contributed by atoms with Crippen molar-refractivity contribution < 1.29 is 19.1 Å². The summed E-state index contributed by atoms with van der Waals surface area (Å²) in [5, 5.41) is 4.32. The van der Waals surface area contributed by atoms with Crippen LogP contribution in [0.25, 0.3) is 0 Å². The largest absolute Gasteiger partial charge is 0.495 e. The van der Waals surface area contributed by atoms with E-state index in [1.165, 1.54) is 23.1 Å². The van der Waals surface area contributed by atoms with Gasteiger partial charge in [0.1, 0.15) is 5.75 Å². The van der Waals surface area contributed by atoms with E-state index in [9.17, 15) is 9.59 Å². The number of carbonyl (C=O) groups excluding carboxylic acids is 2. The fourth-order valence-corrected chi connectivity index (χ4v) is 3.95. The van der Waals surface area contributed by atoms with Gasteiger partial charge in [-0.05, 0) is 26.0 Å². The molecule has 1 atom stereocenters. The molecular formula is C17H20N2O4S2. The van der Waals surface area contributed by atoms with Crippen LogP contribution in [0.2, 0.25) is 0 Å². The van der Waals surface area contributed by atoms with Crippen LogP contribution in [0.4, 0.5) is 5.69 Å². The van der Waals surface area contributed by atoms with Crippen molar-refractivity contribution in [2.24, 2.45) is 0 Å². The van der Waals surface area contributed by atoms with Crippen molar-refractivity contribution in [3.63, 3.8) is 0 Å². The molecule has 1 aromatic carbocycles. The minimum Gasteiger partial charge on any atom is -0.495 e. The van der Waals surface area contributed by atoms with Gasteiger partial charge in [-0.3, -0.25) is 9.59 Å². The first-order valence-corrected chi connectivity index (χ1v) is 9.50. The van der Waals surface area contributed by atoms with Gasteiger partial charge in [0.15, 0.2) is 4.34 Å². The van der Waals surface area contributed by atoms with Crippen molar-refractivity contribution in [1.29, 1.82) is 0 Å². The average Bonchev–Trinajstić information content (AvgIpc) is 3.02. The summed E-state index contributed by atoms with van der Waals surface area (Å²) in [6.45, 7) is 3.93. The number of ether oxygens (including phenoxy) is 2. The van der Waals surface area contributed by atoms with E-state index in [1.807, 2.05) is 24.4 Å². The maximum Gasteiger partial charge on any atom is 0.311 e. The zero-order valence-electron chi connectivity index (χ0n) is 14.3. The standard InChI is InChI=1S/C17H20N2O4S2/c1-4-23-15(20)9-12-10-24-17(18-12)25-11(2)16(21)19-13-7-5-6-8-14(13)22-3/h5-8,10-11H,4,9H2,1-3H3,(H,19,21)/t11-/m0/s1. The fraction of sp³-hybridized carbons (Fsp3) is 0.353. The van der Waals surface area contributed by atoms with Gasteiger partial charge in [0.05, 0.1) is 36.8 Å². The molecule has 1 aromatic heterocycles. The molecule has 1 N–H and O–H groups in total. The Labute approximate surface area is 154 Å². The molecule has 0 fully saturated rings. The van der Waals surface area contributed by atoms with Gasteiger partial charge in [-0.1, -0.05) is 23.9 Å². The molecule has 1 amide bonds. The molecular weight excluding hydrogens is 360 g/mol. The summed E-state index contributed by atoms with van der Waals surface area (Å²) in [5.41, 5.74) is 1.29. The monoisotopic (exact) mass is 380 g/mol. The third-order valence-electron chi connectivity index (χ3n) is 3.17. The summed E-state index contributed by atoms with van der Waals surface area (Å²) < 4.78 is 10.9. The quantitative estimate of drug-likeness (QED) is 0.559. The second-order valence-electron chi connectivity index (χ2n) is 5.04. The number of thiazole rings is 1. The predicted octanol–water partition coefficient (Wildman–Crippen LogP) is 3.38. The third-order valence-corrected chi connectivity index (χ3v) is 5.29. The Morgan fingerprint density at radius 3 is 2.84 bits per heavy atom. The Morgan fingerprint density at radius 1 is 1.36 bits per heavy atom. The third kappa shape index (κ3) is 5.75. The second kappa shape index (κ2) is 9.43. The summed E-state index contributed by atoms with van der Waals surface area (Å²) >= 11 is 2.76. The minimum absolute atomic E-state index is 0.142. The van der Waals surface area contributed by atoms with Gasteiger partial charge in [-0.2, -0.15) is 0 Å². The molecule has 6 nitrogen and oxygen atoms in total. The number of benzene rings is 1. The number of hydrogen-bond donors (Lipinski definition) is 1. The maximum atomic E-state index is 12.4. The molecule has 2 aromatic rings. The van der Waals surface area contributed by atoms with E-state index in [1.54, 1.807) is 26.2 Å². The first kappa shape index (κ1) is 19.3. The van der Waals surface area contributed by atoms with Crippen LogP contribution in [0.3, 0.4) is 0 Å². The fourth-order valence-electron chi connectivity index (χ4n) is 1.97. The second-order valence-corrected chi connectivity index (χ2v) is 7.48. The molecule has 134 valence electrons. The van der Waals surface area contributed by atoms with Gasteiger partial charge >= 0.3 is 5.97 Å². The normalized spacial score (nSPS) is 11.6. The zero-order valence-corrected chi connectivity index (χ0v) is 15.9. The summed E-state index contributed by atoms with van der Waals surface area (Å²) in [6, 6.07) is 7.25. The average molecular weight is 380 g/mol. The lowest BCUT2D eigenvalue weighted by molar-refractivity contribution is -0.142. The Hall–Kier alpha value is -2.06. The van der Waals surface area contributed by atoms with Gasteiger partial charge < -0.3 is 14.8 Å². The van der Waals surface area contributed by atoms with Crippen molar-refractivity contribution in [3.8, 4) is 5.75 Å². The lowest BCUT2D eigenvalue weighted by Crippen LogP contribution is -2.22. The summed E-state index contributed by atoms with van der Waals surface area (Å²) in [7, 11) is 1.56. The molecule has 0 spiro atoms. The first-order chi connectivity index (χ1) is 12.0. The molecule has 25 heavy (non-hydrogen) atoms. The van der Waals surface area contributed by atoms with Gasteiger partial charge in [0.25, 0.3) is 0 Å². The lowest BCUT2D eigenvalue weighted by atomic mass is 10.3. The number of anilines is 1. The molecule has 0 saturated heterocycles. The van der Waals surface area contributed by atoms with Crippen LogP contribution in [0, 0.1) is 0 Å². The van der Waals surface area contributed by atoms with Crippen LogP contribution in [0.15, 0.2) is 34.0 Å². The van der Waals surface area contributed by atoms with Gasteiger partial charge in [-0.15, -0.1) is 11.3 Å². The van der Waals surface area contributed by atoms with Gasteiger partial charge in [0.2, 0.25) is 5.91 Å². The molecule has 0 radical (unpaired) electrons. The minimum atomic E-state index is -0.341. The van der Waals surface area contributed by atoms with Crippen LogP contribution in [0.1, 0.15) is 19.5 Å². The molecule has 0 saturated carbocycles. The number of para-hydroxylation sites is 2. The molecule has 0 aliphatic carbocycles. The van der Waals surface area contributed by atoms with E-state index in [0.29, 0.717) is 23.7 Å². The number of esters is 1. The van der Waals surface area contributed by atoms with Crippen molar-refractivity contribution in [3.05, 3.63) is 35.3 Å². The topological polar surface area (TPSA) is 77.5 Å². The highest BCUT2D eigenvalue weighted by Gasteiger charge is 2.18. The number of amides is 1. The molecule has 2 rings (SSSR count). The molecule has 1 heterocycles. The van der Waals surface area contributed by atoms with E-state index in [0.717, 1.165) is 4.34 Å². The summed E-state index contributed by atoms with van der Waals surface area (Å²) in [6.07, 6.45) is 0.146. The molecule has 0 unspecified atom stereocenters. The van der Waals surface area contributed by atoms with Crippen LogP contribution in [-0.2, 0) is 20.7 Å². The highest BCUT2D eigenvalue weighted by Crippen LogP contribution is 2.29. The number of nitrogens with zero attached hydrogens (tertiary/aromatic N) is 1. The smallest absolute Gasteiger partial charge is 0.311 e. The van der Waals surface area contributed by atoms with Gasteiger partial charge in [-0.25, -0.2) is 4.98 Å². The predicted molar refractivity (Wildman–Crippen MR) is 99.4 cm³/mol. The van der Waals surface area contributed by atoms with Crippen molar-refractivity contribution in [1.82, 2.24) is 4.98 Å². The highest BCUT2D eigenvalue weighted by molar-refractivity contribution is 8.02. The Kier molecular flexibility index (Phi) is 7.27. The van der Waals surface area contributed by atoms with E-state index < -0.39 is 0 Å². The molecule has 0 aliphatic heterocycles. The van der Waals surface area contributed by atoms with Crippen LogP contribution < -0.4 is 10.1 Å². The zero-order chi connectivity index (χ0) is 18.2. The van der Waals surface area contributed by atoms with Crippen LogP contribution in [0.5, 0.6) is 5.75 Å². The first-order valence-electron chi connectivity index (χ1n) is 7.74. The van der Waals surface area contributed by atoms with Gasteiger partial charge in [0, 0.05) is 5.38 Å². The highest BCUT2D eigenvalue weighted by atomic mass is 32.2. The van der Waals surface area contributed by atoms with E-state index in [2.05, 4.69) is 10.3 Å². The van der Waals surface area contributed by atoms with E-state index in [-0.39, 0.29) is 23.5 Å². The number of methoxy groups -OCH3 is 1. The Bertz CT molecular complexity index is 733. The Balaban J connectivity index is 1.93. The number of thioether (sulfide) groups is 1. The Morgan fingerprint density at radius 2 is 2.12 bits per heavy atom. The van der Waals surface area contributed by atoms with Crippen LogP contribution >= 0.6 is 23.1 Å². The number of nitrogens with one attached hydrogen (secondary N) is 1. The van der Waals surface area contributed by atoms with Crippen LogP contribution in [-0.4, -0.2) is 35.8 Å². The maximum absolute atomic E-state index is 12.4. The summed E-state index contributed by atoms with van der Waals surface area (Å²) in [4.78, 5) is 28.2. The number of carbonyl (C=O) groups is 2. The molecule has 8 heteroatoms. The van der Waals surface area contributed by atoms with E-state index in [4.69, 9.17) is 9.47 Å². The van der Waals surface area contributed by atoms with E-state index >= 15 is 0 Å². The lowest BCUT2D eigenvalue weighted by Gasteiger charge is -2.13. The molecule has 0 bridgehead atoms. The van der Waals surface area contributed by atoms with Crippen molar-refractivity contribution >= 4 is 40.7 Å². The SMILES string of the molecule is CCOC(=O)Cc1csc(S[C@@H](C)C(=O)Nc2ccccc2OC)n1. The molecule has 0 aliphatic rings. The number of hydrogen-bond acceptors (Lipinski definition) is 7. The number of aromatic nitrogens is 1. The summed E-state index contributed by atoms with van der Waals surface area (Å²) in [5.74, 6) is 0.168. The number of rotatable bonds is 8. The van der Waals surface area contributed by atoms with Crippen molar-refractivity contribution in [2.45, 2.75) is 29.9 Å². The van der Waals surface area contributed by atoms with Crippen molar-refractivity contribution in [2.75, 3.05) is 19.0 Å².